The van der Waals surface area contributed by atoms with Crippen molar-refractivity contribution in [3.8, 4) is 17.0 Å². The number of aldehydes is 1. The molecule has 3 heterocycles. The number of pyridine rings is 1. The SMILES string of the molecule is Cc1cc(C(C)Nc2cccnc2-c2cc(Cl)c(O)c(C=O)c2)c2oc(N3CCCCC3)c(C)c(=O)c2c1. The zero-order chi connectivity index (χ0) is 27.0. The first-order valence-electron chi connectivity index (χ1n) is 12.8. The van der Waals surface area contributed by atoms with Crippen molar-refractivity contribution < 1.29 is 14.3 Å². The van der Waals surface area contributed by atoms with Crippen LogP contribution in [-0.2, 0) is 0 Å². The highest BCUT2D eigenvalue weighted by molar-refractivity contribution is 6.32. The van der Waals surface area contributed by atoms with E-state index in [-0.39, 0.29) is 27.8 Å². The average Bonchev–Trinajstić information content (AvgIpc) is 2.92. The lowest BCUT2D eigenvalue weighted by molar-refractivity contribution is 0.112. The fraction of sp³-hybridized carbons (Fsp3) is 0.300. The number of nitrogens with one attached hydrogen (secondary N) is 1. The Kier molecular flexibility index (Phi) is 7.13. The number of halogens is 1. The predicted molar refractivity (Wildman–Crippen MR) is 152 cm³/mol. The molecule has 0 amide bonds. The summed E-state index contributed by atoms with van der Waals surface area (Å²) in [5.41, 5.74) is 5.00. The van der Waals surface area contributed by atoms with Crippen molar-refractivity contribution in [1.29, 1.82) is 0 Å². The number of benzene rings is 2. The van der Waals surface area contributed by atoms with Gasteiger partial charge in [0.1, 0.15) is 11.3 Å². The number of aromatic hydroxyl groups is 1. The van der Waals surface area contributed by atoms with Gasteiger partial charge in [0, 0.05) is 30.4 Å². The van der Waals surface area contributed by atoms with Crippen molar-refractivity contribution in [2.24, 2.45) is 0 Å². The number of rotatable bonds is 6. The standard InChI is InChI=1S/C30H30ClN3O4/c1-17-12-22(29-23(13-17)27(36)18(2)30(38-29)34-10-5-4-6-11-34)19(3)33-25-8-7-9-32-26(25)20-14-21(16-35)28(37)24(31)15-20/h7-9,12-16,19,33,37H,4-6,10-11H2,1-3H3. The van der Waals surface area contributed by atoms with Gasteiger partial charge in [-0.3, -0.25) is 14.6 Å². The summed E-state index contributed by atoms with van der Waals surface area (Å²) in [4.78, 5) is 31.6. The fourth-order valence-electron chi connectivity index (χ4n) is 5.19. The molecule has 38 heavy (non-hydrogen) atoms. The molecule has 0 radical (unpaired) electrons. The molecular formula is C30H30ClN3O4. The van der Waals surface area contributed by atoms with Gasteiger partial charge in [0.15, 0.2) is 11.7 Å². The second kappa shape index (κ2) is 10.5. The van der Waals surface area contributed by atoms with Crippen molar-refractivity contribution in [3.05, 3.63) is 80.1 Å². The highest BCUT2D eigenvalue weighted by Crippen LogP contribution is 2.37. The molecule has 1 unspecified atom stereocenters. The maximum Gasteiger partial charge on any atom is 0.202 e. The van der Waals surface area contributed by atoms with Crippen LogP contribution in [0.2, 0.25) is 5.02 Å². The summed E-state index contributed by atoms with van der Waals surface area (Å²) in [6.07, 6.45) is 5.56. The summed E-state index contributed by atoms with van der Waals surface area (Å²) < 4.78 is 6.52. The number of anilines is 2. The monoisotopic (exact) mass is 531 g/mol. The van der Waals surface area contributed by atoms with Crippen molar-refractivity contribution in [2.45, 2.75) is 46.1 Å². The van der Waals surface area contributed by atoms with E-state index in [9.17, 15) is 14.7 Å². The summed E-state index contributed by atoms with van der Waals surface area (Å²) in [7, 11) is 0. The van der Waals surface area contributed by atoms with Crippen LogP contribution < -0.4 is 15.6 Å². The van der Waals surface area contributed by atoms with Gasteiger partial charge >= 0.3 is 0 Å². The lowest BCUT2D eigenvalue weighted by atomic mass is 9.99. The van der Waals surface area contributed by atoms with E-state index in [4.69, 9.17) is 16.0 Å². The molecule has 2 N–H and O–H groups in total. The van der Waals surface area contributed by atoms with Crippen LogP contribution in [0.5, 0.6) is 5.75 Å². The van der Waals surface area contributed by atoms with Gasteiger partial charge in [-0.25, -0.2) is 0 Å². The quantitative estimate of drug-likeness (QED) is 0.264. The van der Waals surface area contributed by atoms with Crippen molar-refractivity contribution in [1.82, 2.24) is 4.98 Å². The minimum absolute atomic E-state index is 0.00818. The minimum Gasteiger partial charge on any atom is -0.506 e. The minimum atomic E-state index is -0.259. The molecule has 0 bridgehead atoms. The van der Waals surface area contributed by atoms with E-state index in [1.165, 1.54) is 6.42 Å². The molecule has 2 aromatic heterocycles. The second-order valence-corrected chi connectivity index (χ2v) is 10.3. The number of hydrogen-bond donors (Lipinski definition) is 2. The molecule has 4 aromatic rings. The molecule has 7 nitrogen and oxygen atoms in total. The lowest BCUT2D eigenvalue weighted by Gasteiger charge is -2.29. The highest BCUT2D eigenvalue weighted by Gasteiger charge is 2.23. The molecule has 1 saturated heterocycles. The third-order valence-electron chi connectivity index (χ3n) is 7.15. The number of aryl methyl sites for hydroxylation is 1. The third-order valence-corrected chi connectivity index (χ3v) is 7.44. The Balaban J connectivity index is 1.59. The number of carbonyl (C=O) groups excluding carboxylic acids is 1. The van der Waals surface area contributed by atoms with Gasteiger partial charge in [-0.2, -0.15) is 0 Å². The average molecular weight is 532 g/mol. The van der Waals surface area contributed by atoms with Gasteiger partial charge in [0.2, 0.25) is 5.88 Å². The van der Waals surface area contributed by atoms with Crippen LogP contribution in [0.4, 0.5) is 11.6 Å². The lowest BCUT2D eigenvalue weighted by Crippen LogP contribution is -2.31. The Morgan fingerprint density at radius 1 is 1.16 bits per heavy atom. The first-order valence-corrected chi connectivity index (χ1v) is 13.2. The van der Waals surface area contributed by atoms with E-state index in [0.717, 1.165) is 37.1 Å². The Labute approximate surface area is 226 Å². The summed E-state index contributed by atoms with van der Waals surface area (Å²) >= 11 is 6.19. The number of aromatic nitrogens is 1. The molecule has 0 spiro atoms. The van der Waals surface area contributed by atoms with Gasteiger partial charge in [-0.1, -0.05) is 17.7 Å². The summed E-state index contributed by atoms with van der Waals surface area (Å²) in [5, 5.41) is 14.2. The maximum absolute atomic E-state index is 13.5. The van der Waals surface area contributed by atoms with Crippen molar-refractivity contribution in [2.75, 3.05) is 23.3 Å². The smallest absolute Gasteiger partial charge is 0.202 e. The number of carbonyl (C=O) groups is 1. The van der Waals surface area contributed by atoms with Crippen LogP contribution >= 0.6 is 11.6 Å². The molecule has 0 saturated carbocycles. The molecule has 0 aliphatic carbocycles. The van der Waals surface area contributed by atoms with Gasteiger partial charge in [0.25, 0.3) is 0 Å². The van der Waals surface area contributed by atoms with Crippen LogP contribution in [0.15, 0.2) is 51.8 Å². The van der Waals surface area contributed by atoms with Gasteiger partial charge in [0.05, 0.1) is 39.0 Å². The molecular weight excluding hydrogens is 502 g/mol. The third kappa shape index (κ3) is 4.74. The number of fused-ring (bicyclic) bond motifs is 1. The van der Waals surface area contributed by atoms with E-state index in [1.54, 1.807) is 18.3 Å². The van der Waals surface area contributed by atoms with Gasteiger partial charge in [-0.05, 0) is 75.9 Å². The van der Waals surface area contributed by atoms with Crippen LogP contribution in [0.1, 0.15) is 59.3 Å². The van der Waals surface area contributed by atoms with Crippen LogP contribution in [-0.4, -0.2) is 29.5 Å². The molecule has 2 aromatic carbocycles. The van der Waals surface area contributed by atoms with E-state index in [2.05, 4.69) is 15.2 Å². The largest absolute Gasteiger partial charge is 0.506 e. The predicted octanol–water partition coefficient (Wildman–Crippen LogP) is 6.81. The molecule has 1 atom stereocenters. The molecule has 8 heteroatoms. The first kappa shape index (κ1) is 25.8. The highest BCUT2D eigenvalue weighted by atomic mass is 35.5. The number of hydrogen-bond acceptors (Lipinski definition) is 7. The summed E-state index contributed by atoms with van der Waals surface area (Å²) in [5.74, 6) is 0.395. The van der Waals surface area contributed by atoms with Gasteiger partial charge < -0.3 is 19.7 Å². The summed E-state index contributed by atoms with van der Waals surface area (Å²) in [6, 6.07) is 10.5. The van der Waals surface area contributed by atoms with Crippen molar-refractivity contribution >= 4 is 40.4 Å². The zero-order valence-corrected chi connectivity index (χ0v) is 22.4. The number of phenols is 1. The topological polar surface area (TPSA) is 95.7 Å². The molecule has 196 valence electrons. The zero-order valence-electron chi connectivity index (χ0n) is 21.7. The van der Waals surface area contributed by atoms with Crippen LogP contribution in [0.25, 0.3) is 22.2 Å². The Morgan fingerprint density at radius 3 is 2.66 bits per heavy atom. The molecule has 1 aliphatic rings. The number of phenolic OH excluding ortho intramolecular Hbond substituents is 1. The van der Waals surface area contributed by atoms with E-state index >= 15 is 0 Å². The summed E-state index contributed by atoms with van der Waals surface area (Å²) in [6.45, 7) is 7.57. The Morgan fingerprint density at radius 2 is 1.92 bits per heavy atom. The number of nitrogens with zero attached hydrogens (tertiary/aromatic N) is 2. The Bertz CT molecular complexity index is 1590. The van der Waals surface area contributed by atoms with Gasteiger partial charge in [-0.15, -0.1) is 0 Å². The van der Waals surface area contributed by atoms with Crippen LogP contribution in [0.3, 0.4) is 0 Å². The molecule has 1 aliphatic heterocycles. The van der Waals surface area contributed by atoms with E-state index in [1.807, 2.05) is 45.0 Å². The molecule has 1 fully saturated rings. The van der Waals surface area contributed by atoms with Crippen molar-refractivity contribution in [3.63, 3.8) is 0 Å². The molecule has 5 rings (SSSR count). The number of piperidine rings is 1. The van der Waals surface area contributed by atoms with E-state index < -0.39 is 0 Å². The van der Waals surface area contributed by atoms with Crippen LogP contribution in [0, 0.1) is 13.8 Å². The Hall–Kier alpha value is -3.84. The second-order valence-electron chi connectivity index (χ2n) is 9.92. The fourth-order valence-corrected chi connectivity index (χ4v) is 5.41. The maximum atomic E-state index is 13.5. The normalized spacial score (nSPS) is 14.5. The van der Waals surface area contributed by atoms with E-state index in [0.29, 0.717) is 45.6 Å². The first-order chi connectivity index (χ1) is 18.3.